The van der Waals surface area contributed by atoms with Crippen LogP contribution in [-0.2, 0) is 14.8 Å². The quantitative estimate of drug-likeness (QED) is 0.828. The second-order valence-corrected chi connectivity index (χ2v) is 6.75. The third-order valence-electron chi connectivity index (χ3n) is 3.43. The highest BCUT2D eigenvalue weighted by Gasteiger charge is 2.40. The van der Waals surface area contributed by atoms with Crippen LogP contribution in [0.15, 0.2) is 44.4 Å². The Bertz CT molecular complexity index is 879. The van der Waals surface area contributed by atoms with Gasteiger partial charge in [-0.05, 0) is 24.3 Å². The maximum absolute atomic E-state index is 12.3. The number of carboxylic acids is 1. The third-order valence-corrected chi connectivity index (χ3v) is 5.25. The summed E-state index contributed by atoms with van der Waals surface area (Å²) in [6.45, 7) is -0.0564. The molecule has 8 heteroatoms. The largest absolute Gasteiger partial charge is 0.481 e. The number of hydrogen-bond donors (Lipinski definition) is 1. The first-order chi connectivity index (χ1) is 9.88. The van der Waals surface area contributed by atoms with Crippen molar-refractivity contribution in [1.82, 2.24) is 4.31 Å². The molecule has 0 saturated carbocycles. The first kappa shape index (κ1) is 13.8. The van der Waals surface area contributed by atoms with Gasteiger partial charge in [0.25, 0.3) is 0 Å². The minimum Gasteiger partial charge on any atom is -0.481 e. The molecule has 21 heavy (non-hydrogen) atoms. The molecule has 1 N–H and O–H groups in total. The van der Waals surface area contributed by atoms with Crippen LogP contribution in [0.4, 0.5) is 0 Å². The minimum atomic E-state index is -3.72. The van der Waals surface area contributed by atoms with Gasteiger partial charge in [-0.25, -0.2) is 13.2 Å². The maximum Gasteiger partial charge on any atom is 0.336 e. The highest BCUT2D eigenvalue weighted by atomic mass is 32.2. The summed E-state index contributed by atoms with van der Waals surface area (Å²) in [4.78, 5) is 21.9. The number of aliphatic carboxylic acids is 1. The Morgan fingerprint density at radius 1 is 1.24 bits per heavy atom. The number of hydrogen-bond acceptors (Lipinski definition) is 5. The van der Waals surface area contributed by atoms with Gasteiger partial charge in [0.2, 0.25) is 10.0 Å². The Balaban J connectivity index is 1.95. The summed E-state index contributed by atoms with van der Waals surface area (Å²) < 4.78 is 30.7. The van der Waals surface area contributed by atoms with Gasteiger partial charge in [0.15, 0.2) is 0 Å². The molecule has 0 atom stereocenters. The molecule has 1 aliphatic rings. The van der Waals surface area contributed by atoms with E-state index in [4.69, 9.17) is 9.52 Å². The summed E-state index contributed by atoms with van der Waals surface area (Å²) in [6.07, 6.45) is 0. The molecule has 7 nitrogen and oxygen atoms in total. The topological polar surface area (TPSA) is 105 Å². The van der Waals surface area contributed by atoms with Crippen molar-refractivity contribution in [2.75, 3.05) is 13.1 Å². The first-order valence-electron chi connectivity index (χ1n) is 6.15. The molecule has 1 aliphatic heterocycles. The Hall–Kier alpha value is -2.19. The van der Waals surface area contributed by atoms with E-state index in [9.17, 15) is 18.0 Å². The van der Waals surface area contributed by atoms with Crippen LogP contribution in [0.5, 0.6) is 0 Å². The molecule has 2 heterocycles. The van der Waals surface area contributed by atoms with Crippen LogP contribution in [0, 0.1) is 5.92 Å². The lowest BCUT2D eigenvalue weighted by Crippen LogP contribution is -2.52. The minimum absolute atomic E-state index is 0.0282. The Kier molecular flexibility index (Phi) is 3.07. The molecule has 0 aliphatic carbocycles. The Morgan fingerprint density at radius 3 is 2.62 bits per heavy atom. The molecule has 3 rings (SSSR count). The molecule has 110 valence electrons. The van der Waals surface area contributed by atoms with Crippen molar-refractivity contribution in [3.05, 3.63) is 40.8 Å². The summed E-state index contributed by atoms with van der Waals surface area (Å²) in [5.41, 5.74) is -0.210. The van der Waals surface area contributed by atoms with E-state index in [1.807, 2.05) is 0 Å². The number of fused-ring (bicyclic) bond motifs is 1. The Morgan fingerprint density at radius 2 is 1.95 bits per heavy atom. The second kappa shape index (κ2) is 4.68. The van der Waals surface area contributed by atoms with E-state index in [2.05, 4.69) is 0 Å². The van der Waals surface area contributed by atoms with Crippen molar-refractivity contribution in [1.29, 1.82) is 0 Å². The van der Waals surface area contributed by atoms with Crippen LogP contribution < -0.4 is 5.63 Å². The zero-order valence-electron chi connectivity index (χ0n) is 10.7. The second-order valence-electron chi connectivity index (χ2n) is 4.81. The summed E-state index contributed by atoms with van der Waals surface area (Å²) in [7, 11) is -3.72. The fourth-order valence-corrected chi connectivity index (χ4v) is 3.72. The van der Waals surface area contributed by atoms with Gasteiger partial charge in [-0.2, -0.15) is 4.31 Å². The smallest absolute Gasteiger partial charge is 0.336 e. The molecule has 1 aromatic carbocycles. The van der Waals surface area contributed by atoms with Crippen molar-refractivity contribution in [2.24, 2.45) is 5.92 Å². The number of nitrogens with zero attached hydrogens (tertiary/aromatic N) is 1. The monoisotopic (exact) mass is 309 g/mol. The van der Waals surface area contributed by atoms with Crippen LogP contribution in [0.25, 0.3) is 11.0 Å². The normalized spacial score (nSPS) is 16.8. The number of carboxylic acid groups (broad SMARTS) is 1. The van der Waals surface area contributed by atoms with Crippen molar-refractivity contribution in [2.45, 2.75) is 4.90 Å². The van der Waals surface area contributed by atoms with Gasteiger partial charge in [-0.1, -0.05) is 0 Å². The van der Waals surface area contributed by atoms with Gasteiger partial charge in [0.05, 0.1) is 10.8 Å². The third kappa shape index (κ3) is 2.32. The van der Waals surface area contributed by atoms with Gasteiger partial charge in [0.1, 0.15) is 5.58 Å². The molecule has 1 aromatic heterocycles. The van der Waals surface area contributed by atoms with Crippen molar-refractivity contribution in [3.63, 3.8) is 0 Å². The SMILES string of the molecule is O=C(O)C1CN(S(=O)(=O)c2ccc3oc(=O)ccc3c2)C1. The van der Waals surface area contributed by atoms with E-state index < -0.39 is 27.5 Å². The summed E-state index contributed by atoms with van der Waals surface area (Å²) in [5, 5.41) is 9.28. The fraction of sp³-hybridized carbons (Fsp3) is 0.231. The average Bonchev–Trinajstić information content (AvgIpc) is 2.35. The van der Waals surface area contributed by atoms with Crippen molar-refractivity contribution in [3.8, 4) is 0 Å². The fourth-order valence-electron chi connectivity index (χ4n) is 2.15. The maximum atomic E-state index is 12.3. The summed E-state index contributed by atoms with van der Waals surface area (Å²) >= 11 is 0. The lowest BCUT2D eigenvalue weighted by molar-refractivity contribution is -0.145. The number of rotatable bonds is 3. The van der Waals surface area contributed by atoms with E-state index in [1.165, 1.54) is 30.3 Å². The zero-order valence-corrected chi connectivity index (χ0v) is 11.5. The van der Waals surface area contributed by atoms with Crippen LogP contribution >= 0.6 is 0 Å². The van der Waals surface area contributed by atoms with E-state index in [0.717, 1.165) is 4.31 Å². The Labute approximate surface area is 119 Å². The van der Waals surface area contributed by atoms with Crippen molar-refractivity contribution >= 4 is 27.0 Å². The van der Waals surface area contributed by atoms with Gasteiger partial charge < -0.3 is 9.52 Å². The molecule has 2 aromatic rings. The first-order valence-corrected chi connectivity index (χ1v) is 7.59. The predicted octanol–water partition coefficient (Wildman–Crippen LogP) is 0.498. The predicted molar refractivity (Wildman–Crippen MR) is 72.4 cm³/mol. The van der Waals surface area contributed by atoms with Crippen LogP contribution in [0.2, 0.25) is 0 Å². The van der Waals surface area contributed by atoms with Crippen LogP contribution in [0.1, 0.15) is 0 Å². The molecule has 0 spiro atoms. The molecule has 0 amide bonds. The van der Waals surface area contributed by atoms with Crippen molar-refractivity contribution < 1.29 is 22.7 Å². The molecule has 1 fully saturated rings. The molecular weight excluding hydrogens is 298 g/mol. The van der Waals surface area contributed by atoms with Crippen LogP contribution in [0.3, 0.4) is 0 Å². The van der Waals surface area contributed by atoms with E-state index >= 15 is 0 Å². The molecule has 0 radical (unpaired) electrons. The lowest BCUT2D eigenvalue weighted by atomic mass is 10.0. The molecule has 1 saturated heterocycles. The van der Waals surface area contributed by atoms with Gasteiger partial charge in [-0.15, -0.1) is 0 Å². The van der Waals surface area contributed by atoms with Gasteiger partial charge in [-0.3, -0.25) is 4.79 Å². The van der Waals surface area contributed by atoms with E-state index in [1.54, 1.807) is 0 Å². The molecular formula is C13H11NO6S. The average molecular weight is 309 g/mol. The number of benzene rings is 1. The number of carbonyl (C=O) groups is 1. The number of sulfonamides is 1. The lowest BCUT2D eigenvalue weighted by Gasteiger charge is -2.35. The summed E-state index contributed by atoms with van der Waals surface area (Å²) in [6, 6.07) is 6.85. The standard InChI is InChI=1S/C13H11NO6S/c15-12-4-1-8-5-10(2-3-11(8)20-12)21(18,19)14-6-9(7-14)13(16)17/h1-5,9H,6-7H2,(H,16,17). The highest BCUT2D eigenvalue weighted by molar-refractivity contribution is 7.89. The zero-order chi connectivity index (χ0) is 15.2. The molecule has 0 bridgehead atoms. The van der Waals surface area contributed by atoms with Crippen LogP contribution in [-0.4, -0.2) is 36.9 Å². The van der Waals surface area contributed by atoms with Gasteiger partial charge >= 0.3 is 11.6 Å². The summed E-state index contributed by atoms with van der Waals surface area (Å²) in [5.74, 6) is -1.65. The molecule has 0 unspecified atom stereocenters. The van der Waals surface area contributed by atoms with E-state index in [-0.39, 0.29) is 18.0 Å². The highest BCUT2D eigenvalue weighted by Crippen LogP contribution is 2.27. The van der Waals surface area contributed by atoms with E-state index in [0.29, 0.717) is 11.0 Å². The van der Waals surface area contributed by atoms with Gasteiger partial charge in [0, 0.05) is 24.5 Å².